The number of hydrogen-bond acceptors (Lipinski definition) is 5. The van der Waals surface area contributed by atoms with Gasteiger partial charge < -0.3 is 4.90 Å². The molecule has 122 valence electrons. The monoisotopic (exact) mass is 334 g/mol. The molecule has 1 atom stereocenters. The van der Waals surface area contributed by atoms with Crippen molar-refractivity contribution in [2.24, 2.45) is 5.92 Å². The third-order valence-electron chi connectivity index (χ3n) is 3.85. The molecule has 1 unspecified atom stereocenters. The Labute approximate surface area is 134 Å². The summed E-state index contributed by atoms with van der Waals surface area (Å²) in [6.45, 7) is 2.56. The Balaban J connectivity index is 1.77. The lowest BCUT2D eigenvalue weighted by molar-refractivity contribution is 0.0751. The number of carbonyl (C=O) groups is 1. The molecule has 1 fully saturated rings. The summed E-state index contributed by atoms with van der Waals surface area (Å²) in [5, 5.41) is 6.56. The highest BCUT2D eigenvalue weighted by Gasteiger charge is 2.27. The van der Waals surface area contributed by atoms with Crippen LogP contribution in [0.4, 0.5) is 0 Å². The molecule has 2 aromatic rings. The van der Waals surface area contributed by atoms with Crippen molar-refractivity contribution in [3.63, 3.8) is 0 Å². The van der Waals surface area contributed by atoms with Gasteiger partial charge in [0.2, 0.25) is 0 Å². The van der Waals surface area contributed by atoms with Gasteiger partial charge in [0.25, 0.3) is 5.91 Å². The fraction of sp³-hybridized carbons (Fsp3) is 0.400. The van der Waals surface area contributed by atoms with E-state index in [1.807, 2.05) is 6.92 Å². The van der Waals surface area contributed by atoms with Crippen LogP contribution in [0.1, 0.15) is 17.3 Å². The first kappa shape index (κ1) is 15.7. The van der Waals surface area contributed by atoms with Crippen molar-refractivity contribution in [3.8, 4) is 11.4 Å². The lowest BCUT2D eigenvalue weighted by atomic mass is 10.1. The Hall–Kier alpha value is -2.22. The summed E-state index contributed by atoms with van der Waals surface area (Å²) in [7, 11) is -3.07. The van der Waals surface area contributed by atoms with E-state index in [1.54, 1.807) is 29.2 Å². The van der Waals surface area contributed by atoms with Crippen molar-refractivity contribution in [2.75, 3.05) is 24.6 Å². The molecule has 1 N–H and O–H groups in total. The number of benzene rings is 1. The number of nitrogens with one attached hydrogen (secondary N) is 1. The van der Waals surface area contributed by atoms with E-state index >= 15 is 0 Å². The number of rotatable bonds is 2. The van der Waals surface area contributed by atoms with Crippen molar-refractivity contribution in [1.82, 2.24) is 20.1 Å². The van der Waals surface area contributed by atoms with E-state index in [0.29, 0.717) is 17.9 Å². The Morgan fingerprint density at radius 2 is 2.04 bits per heavy atom. The van der Waals surface area contributed by atoms with Crippen LogP contribution in [-0.2, 0) is 9.84 Å². The first-order chi connectivity index (χ1) is 10.9. The van der Waals surface area contributed by atoms with Gasteiger partial charge in [-0.05, 0) is 18.1 Å². The fourth-order valence-electron chi connectivity index (χ4n) is 2.77. The third-order valence-corrected chi connectivity index (χ3v) is 5.73. The van der Waals surface area contributed by atoms with E-state index in [9.17, 15) is 13.2 Å². The second-order valence-electron chi connectivity index (χ2n) is 5.88. The minimum Gasteiger partial charge on any atom is -0.337 e. The molecule has 1 aromatic heterocycles. The molecule has 1 amide bonds. The predicted octanol–water partition coefficient (Wildman–Crippen LogP) is 0.978. The number of sulfone groups is 1. The summed E-state index contributed by atoms with van der Waals surface area (Å²) in [4.78, 5) is 18.3. The van der Waals surface area contributed by atoms with Crippen LogP contribution in [-0.4, -0.2) is 59.0 Å². The molecule has 0 saturated carbocycles. The summed E-state index contributed by atoms with van der Waals surface area (Å²) in [6, 6.07) is 7.05. The maximum absolute atomic E-state index is 12.6. The van der Waals surface area contributed by atoms with Crippen LogP contribution >= 0.6 is 0 Å². The van der Waals surface area contributed by atoms with Gasteiger partial charge in [0.15, 0.2) is 15.7 Å². The molecule has 2 heterocycles. The Bertz CT molecular complexity index is 785. The van der Waals surface area contributed by atoms with E-state index in [4.69, 9.17) is 0 Å². The molecule has 1 aliphatic rings. The molecule has 0 aliphatic carbocycles. The van der Waals surface area contributed by atoms with Crippen LogP contribution in [0.5, 0.6) is 0 Å². The molecule has 23 heavy (non-hydrogen) atoms. The quantitative estimate of drug-likeness (QED) is 0.883. The minimum absolute atomic E-state index is 0.0270. The number of amides is 1. The molecule has 1 aliphatic heterocycles. The molecule has 8 heteroatoms. The van der Waals surface area contributed by atoms with Gasteiger partial charge >= 0.3 is 0 Å². The first-order valence-electron chi connectivity index (χ1n) is 7.40. The van der Waals surface area contributed by atoms with E-state index in [2.05, 4.69) is 15.2 Å². The smallest absolute Gasteiger partial charge is 0.253 e. The van der Waals surface area contributed by atoms with Crippen LogP contribution < -0.4 is 0 Å². The first-order valence-corrected chi connectivity index (χ1v) is 9.22. The van der Waals surface area contributed by atoms with Crippen LogP contribution in [0.2, 0.25) is 0 Å². The summed E-state index contributed by atoms with van der Waals surface area (Å²) < 4.78 is 23.6. The summed E-state index contributed by atoms with van der Waals surface area (Å²) in [5.74, 6) is 0.608. The fourth-order valence-corrected chi connectivity index (χ4v) is 4.41. The van der Waals surface area contributed by atoms with Crippen LogP contribution in [0.25, 0.3) is 11.4 Å². The van der Waals surface area contributed by atoms with Gasteiger partial charge in [0, 0.05) is 24.2 Å². The van der Waals surface area contributed by atoms with E-state index in [0.717, 1.165) is 5.56 Å². The Morgan fingerprint density at radius 3 is 2.70 bits per heavy atom. The topological polar surface area (TPSA) is 96.0 Å². The van der Waals surface area contributed by atoms with Gasteiger partial charge in [0.1, 0.15) is 6.33 Å². The van der Waals surface area contributed by atoms with Gasteiger partial charge in [0.05, 0.1) is 11.5 Å². The molecule has 7 nitrogen and oxygen atoms in total. The average molecular weight is 334 g/mol. The normalized spacial score (nSPS) is 20.9. The summed E-state index contributed by atoms with van der Waals surface area (Å²) >= 11 is 0. The maximum atomic E-state index is 12.6. The maximum Gasteiger partial charge on any atom is 0.253 e. The van der Waals surface area contributed by atoms with Gasteiger partial charge in [-0.25, -0.2) is 13.4 Å². The number of aromatic amines is 1. The number of carbonyl (C=O) groups excluding carboxylic acids is 1. The third kappa shape index (κ3) is 3.58. The summed E-state index contributed by atoms with van der Waals surface area (Å²) in [5.41, 5.74) is 1.38. The zero-order valence-corrected chi connectivity index (χ0v) is 13.6. The molecular formula is C15H18N4O3S. The lowest BCUT2D eigenvalue weighted by Crippen LogP contribution is -2.35. The van der Waals surface area contributed by atoms with Crippen molar-refractivity contribution in [2.45, 2.75) is 6.92 Å². The lowest BCUT2D eigenvalue weighted by Gasteiger charge is -2.22. The van der Waals surface area contributed by atoms with Crippen molar-refractivity contribution < 1.29 is 13.2 Å². The van der Waals surface area contributed by atoms with E-state index < -0.39 is 9.84 Å². The van der Waals surface area contributed by atoms with Gasteiger partial charge in [-0.15, -0.1) is 0 Å². The number of aromatic nitrogens is 3. The molecule has 0 spiro atoms. The highest BCUT2D eigenvalue weighted by Crippen LogP contribution is 2.18. The van der Waals surface area contributed by atoms with E-state index in [-0.39, 0.29) is 29.9 Å². The minimum atomic E-state index is -3.07. The van der Waals surface area contributed by atoms with Crippen LogP contribution in [0.3, 0.4) is 0 Å². The average Bonchev–Trinajstić information content (AvgIpc) is 3.00. The largest absolute Gasteiger partial charge is 0.337 e. The number of hydrogen-bond donors (Lipinski definition) is 1. The highest BCUT2D eigenvalue weighted by atomic mass is 32.2. The van der Waals surface area contributed by atoms with Crippen LogP contribution in [0, 0.1) is 5.92 Å². The van der Waals surface area contributed by atoms with Crippen molar-refractivity contribution >= 4 is 15.7 Å². The Kier molecular flexibility index (Phi) is 4.16. The van der Waals surface area contributed by atoms with Crippen LogP contribution in [0.15, 0.2) is 30.6 Å². The second-order valence-corrected chi connectivity index (χ2v) is 8.11. The second kappa shape index (κ2) is 6.11. The highest BCUT2D eigenvalue weighted by molar-refractivity contribution is 7.91. The van der Waals surface area contributed by atoms with Gasteiger partial charge in [-0.2, -0.15) is 5.10 Å². The molecule has 1 aromatic carbocycles. The molecule has 3 rings (SSSR count). The van der Waals surface area contributed by atoms with Crippen molar-refractivity contribution in [3.05, 3.63) is 36.2 Å². The van der Waals surface area contributed by atoms with Crippen molar-refractivity contribution in [1.29, 1.82) is 0 Å². The van der Waals surface area contributed by atoms with E-state index in [1.165, 1.54) is 6.33 Å². The zero-order chi connectivity index (χ0) is 16.4. The number of nitrogens with zero attached hydrogens (tertiary/aromatic N) is 3. The zero-order valence-electron chi connectivity index (χ0n) is 12.8. The Morgan fingerprint density at radius 1 is 1.30 bits per heavy atom. The molecule has 1 saturated heterocycles. The number of H-pyrrole nitrogens is 1. The van der Waals surface area contributed by atoms with Gasteiger partial charge in [-0.3, -0.25) is 9.89 Å². The standard InChI is InChI=1S/C15H18N4O3S/c1-11-8-19(6-7-23(21,22)9-11)15(20)13-4-2-12(3-5-13)14-16-10-17-18-14/h2-5,10-11H,6-9H2,1H3,(H,16,17,18). The molecule has 0 radical (unpaired) electrons. The van der Waals surface area contributed by atoms with Gasteiger partial charge in [-0.1, -0.05) is 19.1 Å². The SMILES string of the molecule is CC1CN(C(=O)c2ccc(-c3ncn[nH]3)cc2)CCS(=O)(=O)C1. The predicted molar refractivity (Wildman–Crippen MR) is 85.5 cm³/mol. The molecule has 0 bridgehead atoms. The summed E-state index contributed by atoms with van der Waals surface area (Å²) in [6.07, 6.45) is 1.42. The molecular weight excluding hydrogens is 316 g/mol.